The van der Waals surface area contributed by atoms with E-state index in [1.165, 1.54) is 19.2 Å². The summed E-state index contributed by atoms with van der Waals surface area (Å²) < 4.78 is 24.0. The first-order valence-corrected chi connectivity index (χ1v) is 8.20. The number of hydrogen-bond acceptors (Lipinski definition) is 4. The van der Waals surface area contributed by atoms with E-state index in [-0.39, 0.29) is 24.0 Å². The average Bonchev–Trinajstić information content (AvgIpc) is 2.61. The SMILES string of the molecule is COc1ccc(CCC(=O)Nc2ccc3c(c2)NC(=O)C(C)O3)cc1F. The van der Waals surface area contributed by atoms with Gasteiger partial charge in [-0.25, -0.2) is 4.39 Å². The van der Waals surface area contributed by atoms with Crippen LogP contribution in [0.2, 0.25) is 0 Å². The van der Waals surface area contributed by atoms with E-state index < -0.39 is 11.9 Å². The van der Waals surface area contributed by atoms with Crippen LogP contribution in [0, 0.1) is 5.82 Å². The van der Waals surface area contributed by atoms with Crippen LogP contribution in [0.3, 0.4) is 0 Å². The number of halogens is 1. The number of carbonyl (C=O) groups is 2. The Balaban J connectivity index is 1.59. The minimum absolute atomic E-state index is 0.172. The fourth-order valence-electron chi connectivity index (χ4n) is 2.63. The van der Waals surface area contributed by atoms with Crippen molar-refractivity contribution in [3.8, 4) is 11.5 Å². The summed E-state index contributed by atoms with van der Waals surface area (Å²) in [6.45, 7) is 1.66. The lowest BCUT2D eigenvalue weighted by Gasteiger charge is -2.23. The first kappa shape index (κ1) is 17.7. The molecule has 0 saturated heterocycles. The maximum absolute atomic E-state index is 13.7. The lowest BCUT2D eigenvalue weighted by atomic mass is 10.1. The molecule has 0 aromatic heterocycles. The molecule has 2 amide bonds. The third-order valence-corrected chi connectivity index (χ3v) is 4.05. The zero-order valence-electron chi connectivity index (χ0n) is 14.5. The van der Waals surface area contributed by atoms with E-state index >= 15 is 0 Å². The number of anilines is 2. The van der Waals surface area contributed by atoms with Crippen LogP contribution in [0.5, 0.6) is 11.5 Å². The van der Waals surface area contributed by atoms with Gasteiger partial charge in [0.2, 0.25) is 5.91 Å². The molecule has 2 N–H and O–H groups in total. The Labute approximate surface area is 150 Å². The molecule has 2 aromatic carbocycles. The topological polar surface area (TPSA) is 76.7 Å². The quantitative estimate of drug-likeness (QED) is 0.861. The van der Waals surface area contributed by atoms with E-state index in [0.29, 0.717) is 29.1 Å². The van der Waals surface area contributed by atoms with Gasteiger partial charge in [-0.1, -0.05) is 6.07 Å². The van der Waals surface area contributed by atoms with Crippen molar-refractivity contribution in [1.29, 1.82) is 0 Å². The van der Waals surface area contributed by atoms with Crippen LogP contribution in [0.1, 0.15) is 18.9 Å². The highest BCUT2D eigenvalue weighted by molar-refractivity contribution is 5.99. The molecule has 0 spiro atoms. The van der Waals surface area contributed by atoms with Crippen LogP contribution in [-0.4, -0.2) is 25.0 Å². The van der Waals surface area contributed by atoms with Crippen molar-refractivity contribution in [3.63, 3.8) is 0 Å². The van der Waals surface area contributed by atoms with Crippen LogP contribution >= 0.6 is 0 Å². The van der Waals surface area contributed by atoms with Gasteiger partial charge in [0.1, 0.15) is 5.75 Å². The first-order valence-electron chi connectivity index (χ1n) is 8.20. The average molecular weight is 358 g/mol. The summed E-state index contributed by atoms with van der Waals surface area (Å²) in [5, 5.41) is 5.49. The number of hydrogen-bond donors (Lipinski definition) is 2. The molecule has 1 aliphatic rings. The summed E-state index contributed by atoms with van der Waals surface area (Å²) in [6.07, 6.45) is 0.0467. The largest absolute Gasteiger partial charge is 0.494 e. The van der Waals surface area contributed by atoms with Crippen LogP contribution in [0.25, 0.3) is 0 Å². The summed E-state index contributed by atoms with van der Waals surface area (Å²) in [4.78, 5) is 23.8. The Bertz CT molecular complexity index is 853. The van der Waals surface area contributed by atoms with Crippen molar-refractivity contribution in [3.05, 3.63) is 47.8 Å². The van der Waals surface area contributed by atoms with Crippen molar-refractivity contribution >= 4 is 23.2 Å². The van der Waals surface area contributed by atoms with E-state index in [4.69, 9.17) is 9.47 Å². The second-order valence-electron chi connectivity index (χ2n) is 5.98. The zero-order chi connectivity index (χ0) is 18.7. The maximum atomic E-state index is 13.7. The Morgan fingerprint density at radius 2 is 2.12 bits per heavy atom. The van der Waals surface area contributed by atoms with Crippen molar-refractivity contribution < 1.29 is 23.5 Å². The molecule has 2 aromatic rings. The highest BCUT2D eigenvalue weighted by atomic mass is 19.1. The fourth-order valence-corrected chi connectivity index (χ4v) is 2.63. The molecule has 26 heavy (non-hydrogen) atoms. The van der Waals surface area contributed by atoms with Crippen LogP contribution in [0.4, 0.5) is 15.8 Å². The minimum Gasteiger partial charge on any atom is -0.494 e. The minimum atomic E-state index is -0.548. The first-order chi connectivity index (χ1) is 12.5. The van der Waals surface area contributed by atoms with Gasteiger partial charge in [0.15, 0.2) is 17.7 Å². The molecule has 0 aliphatic carbocycles. The number of amides is 2. The molecule has 1 heterocycles. The molecular formula is C19H19FN2O4. The van der Waals surface area contributed by atoms with Crippen molar-refractivity contribution in [2.45, 2.75) is 25.9 Å². The van der Waals surface area contributed by atoms with Gasteiger partial charge >= 0.3 is 0 Å². The predicted molar refractivity (Wildman–Crippen MR) is 95.1 cm³/mol. The number of aryl methyl sites for hydroxylation is 1. The Morgan fingerprint density at radius 3 is 2.85 bits per heavy atom. The lowest BCUT2D eigenvalue weighted by molar-refractivity contribution is -0.122. The molecule has 0 bridgehead atoms. The van der Waals surface area contributed by atoms with Crippen molar-refractivity contribution in [1.82, 2.24) is 0 Å². The molecule has 0 fully saturated rings. The van der Waals surface area contributed by atoms with Gasteiger partial charge in [-0.3, -0.25) is 9.59 Å². The Morgan fingerprint density at radius 1 is 1.31 bits per heavy atom. The second-order valence-corrected chi connectivity index (χ2v) is 5.98. The lowest BCUT2D eigenvalue weighted by Crippen LogP contribution is -2.34. The number of methoxy groups -OCH3 is 1. The normalized spacial score (nSPS) is 15.5. The zero-order valence-corrected chi connectivity index (χ0v) is 14.5. The molecule has 1 atom stereocenters. The number of nitrogens with one attached hydrogen (secondary N) is 2. The van der Waals surface area contributed by atoms with Crippen LogP contribution in [0.15, 0.2) is 36.4 Å². The number of benzene rings is 2. The van der Waals surface area contributed by atoms with Gasteiger partial charge in [0.05, 0.1) is 12.8 Å². The standard InChI is InChI=1S/C19H19FN2O4/c1-11-19(24)22-15-10-13(5-7-17(15)26-11)21-18(23)8-4-12-3-6-16(25-2)14(20)9-12/h3,5-7,9-11H,4,8H2,1-2H3,(H,21,23)(H,22,24). The van der Waals surface area contributed by atoms with Crippen LogP contribution < -0.4 is 20.1 Å². The van der Waals surface area contributed by atoms with E-state index in [1.807, 2.05) is 0 Å². The third kappa shape index (κ3) is 3.93. The molecular weight excluding hydrogens is 339 g/mol. The van der Waals surface area contributed by atoms with Crippen molar-refractivity contribution in [2.75, 3.05) is 17.7 Å². The molecule has 3 rings (SSSR count). The van der Waals surface area contributed by atoms with E-state index in [2.05, 4.69) is 10.6 Å². The van der Waals surface area contributed by atoms with Gasteiger partial charge in [-0.05, 0) is 49.2 Å². The monoisotopic (exact) mass is 358 g/mol. The Hall–Kier alpha value is -3.09. The number of fused-ring (bicyclic) bond motifs is 1. The Kier molecular flexibility index (Phi) is 5.06. The molecule has 1 aliphatic heterocycles. The second kappa shape index (κ2) is 7.43. The summed E-state index contributed by atoms with van der Waals surface area (Å²) >= 11 is 0. The van der Waals surface area contributed by atoms with E-state index in [1.54, 1.807) is 31.2 Å². The highest BCUT2D eigenvalue weighted by Crippen LogP contribution is 2.32. The van der Waals surface area contributed by atoms with E-state index in [9.17, 15) is 14.0 Å². The van der Waals surface area contributed by atoms with Crippen LogP contribution in [-0.2, 0) is 16.0 Å². The predicted octanol–water partition coefficient (Wildman–Crippen LogP) is 3.13. The number of ether oxygens (including phenoxy) is 2. The number of rotatable bonds is 5. The molecule has 136 valence electrons. The van der Waals surface area contributed by atoms with Crippen molar-refractivity contribution in [2.24, 2.45) is 0 Å². The molecule has 0 radical (unpaired) electrons. The summed E-state index contributed by atoms with van der Waals surface area (Å²) in [6, 6.07) is 9.66. The molecule has 6 nitrogen and oxygen atoms in total. The summed E-state index contributed by atoms with van der Waals surface area (Å²) in [5.41, 5.74) is 1.77. The third-order valence-electron chi connectivity index (χ3n) is 4.05. The molecule has 0 saturated carbocycles. The van der Waals surface area contributed by atoms with E-state index in [0.717, 1.165) is 0 Å². The summed E-state index contributed by atoms with van der Waals surface area (Å²) in [7, 11) is 1.40. The van der Waals surface area contributed by atoms with Gasteiger partial charge in [-0.2, -0.15) is 0 Å². The van der Waals surface area contributed by atoms with Gasteiger partial charge in [0.25, 0.3) is 5.91 Å². The fraction of sp³-hybridized carbons (Fsp3) is 0.263. The maximum Gasteiger partial charge on any atom is 0.265 e. The smallest absolute Gasteiger partial charge is 0.265 e. The molecule has 7 heteroatoms. The summed E-state index contributed by atoms with van der Waals surface area (Å²) in [5.74, 6) is -0.167. The molecule has 1 unspecified atom stereocenters. The van der Waals surface area contributed by atoms with Gasteiger partial charge in [0, 0.05) is 12.1 Å². The number of carbonyl (C=O) groups excluding carboxylic acids is 2. The van der Waals surface area contributed by atoms with Gasteiger partial charge in [-0.15, -0.1) is 0 Å². The van der Waals surface area contributed by atoms with Gasteiger partial charge < -0.3 is 20.1 Å². The highest BCUT2D eigenvalue weighted by Gasteiger charge is 2.23.